The monoisotopic (exact) mass is 264 g/mol. The van der Waals surface area contributed by atoms with Crippen LogP contribution in [-0.2, 0) is 16.0 Å². The summed E-state index contributed by atoms with van der Waals surface area (Å²) in [6, 6.07) is 10.7. The highest BCUT2D eigenvalue weighted by molar-refractivity contribution is 5.13. The largest absolute Gasteiger partial charge is 0.350 e. The number of hydrogen-bond acceptors (Lipinski definition) is 2. The van der Waals surface area contributed by atoms with Crippen molar-refractivity contribution in [2.24, 2.45) is 0 Å². The third kappa shape index (κ3) is 4.03. The van der Waals surface area contributed by atoms with Crippen molar-refractivity contribution < 1.29 is 14.4 Å². The van der Waals surface area contributed by atoms with Crippen LogP contribution in [0.2, 0.25) is 0 Å². The number of ether oxygens (including phenoxy) is 2. The molecule has 1 fully saturated rings. The Morgan fingerprint density at radius 3 is 2.11 bits per heavy atom. The van der Waals surface area contributed by atoms with E-state index in [-0.39, 0.29) is 5.79 Å². The first-order valence-corrected chi connectivity index (χ1v) is 7.43. The second-order valence-corrected chi connectivity index (χ2v) is 5.19. The zero-order valence-corrected chi connectivity index (χ0v) is 12.2. The molecule has 3 nitrogen and oxygen atoms in total. The van der Waals surface area contributed by atoms with Gasteiger partial charge in [0.25, 0.3) is 0 Å². The molecule has 106 valence electrons. The van der Waals surface area contributed by atoms with Gasteiger partial charge in [0.05, 0.1) is 25.9 Å². The fraction of sp³-hybridized carbons (Fsp3) is 0.625. The van der Waals surface area contributed by atoms with Crippen LogP contribution in [-0.4, -0.2) is 32.1 Å². The summed E-state index contributed by atoms with van der Waals surface area (Å²) in [5.41, 5.74) is 1.41. The van der Waals surface area contributed by atoms with E-state index in [0.717, 1.165) is 45.7 Å². The molecule has 0 radical (unpaired) electrons. The number of likely N-dealkylation sites (tertiary alicyclic amines) is 1. The van der Waals surface area contributed by atoms with Crippen LogP contribution in [0, 0.1) is 0 Å². The van der Waals surface area contributed by atoms with Crippen molar-refractivity contribution in [1.82, 2.24) is 0 Å². The van der Waals surface area contributed by atoms with Gasteiger partial charge < -0.3 is 14.4 Å². The Balaban J connectivity index is 1.87. The second-order valence-electron chi connectivity index (χ2n) is 5.19. The minimum Gasteiger partial charge on any atom is -0.350 e. The standard InChI is InChI=1S/C16H25NO2/c1-3-18-16(19-4-2)10-12-17(13-11-16)14-15-8-6-5-7-9-15/h5-9H,3-4,10-14H2,1-2H3/p+1. The number of hydrogen-bond donors (Lipinski definition) is 1. The van der Waals surface area contributed by atoms with Gasteiger partial charge in [-0.25, -0.2) is 0 Å². The van der Waals surface area contributed by atoms with Gasteiger partial charge in [0.1, 0.15) is 6.54 Å². The van der Waals surface area contributed by atoms with E-state index in [0.29, 0.717) is 0 Å². The molecule has 0 unspecified atom stereocenters. The van der Waals surface area contributed by atoms with Gasteiger partial charge in [-0.1, -0.05) is 30.3 Å². The zero-order valence-electron chi connectivity index (χ0n) is 12.2. The molecule has 0 aromatic heterocycles. The lowest BCUT2D eigenvalue weighted by atomic mass is 10.0. The Labute approximate surface area is 116 Å². The van der Waals surface area contributed by atoms with Crippen LogP contribution >= 0.6 is 0 Å². The predicted octanol–water partition coefficient (Wildman–Crippen LogP) is 1.63. The fourth-order valence-electron chi connectivity index (χ4n) is 2.90. The second kappa shape index (κ2) is 7.04. The molecule has 1 saturated heterocycles. The van der Waals surface area contributed by atoms with Gasteiger partial charge in [-0.2, -0.15) is 0 Å². The highest BCUT2D eigenvalue weighted by atomic mass is 16.7. The average molecular weight is 264 g/mol. The molecule has 0 saturated carbocycles. The van der Waals surface area contributed by atoms with E-state index < -0.39 is 0 Å². The van der Waals surface area contributed by atoms with Crippen molar-refractivity contribution in [3.05, 3.63) is 35.9 Å². The smallest absolute Gasteiger partial charge is 0.178 e. The van der Waals surface area contributed by atoms with E-state index >= 15 is 0 Å². The highest BCUT2D eigenvalue weighted by Crippen LogP contribution is 2.23. The summed E-state index contributed by atoms with van der Waals surface area (Å²) in [7, 11) is 0. The number of rotatable bonds is 6. The lowest BCUT2D eigenvalue weighted by Gasteiger charge is -2.39. The van der Waals surface area contributed by atoms with Crippen LogP contribution in [0.25, 0.3) is 0 Å². The van der Waals surface area contributed by atoms with Crippen molar-refractivity contribution in [2.75, 3.05) is 26.3 Å². The van der Waals surface area contributed by atoms with E-state index in [9.17, 15) is 0 Å². The summed E-state index contributed by atoms with van der Waals surface area (Å²) in [6.45, 7) is 8.90. The fourth-order valence-corrected chi connectivity index (χ4v) is 2.90. The van der Waals surface area contributed by atoms with Crippen LogP contribution in [0.4, 0.5) is 0 Å². The van der Waals surface area contributed by atoms with Crippen LogP contribution in [0.1, 0.15) is 32.3 Å². The van der Waals surface area contributed by atoms with Crippen molar-refractivity contribution in [3.63, 3.8) is 0 Å². The summed E-state index contributed by atoms with van der Waals surface area (Å²) in [4.78, 5) is 1.63. The summed E-state index contributed by atoms with van der Waals surface area (Å²) in [5, 5.41) is 0. The molecule has 1 aliphatic rings. The van der Waals surface area contributed by atoms with Gasteiger partial charge in [-0.15, -0.1) is 0 Å². The Kier molecular flexibility index (Phi) is 5.37. The Morgan fingerprint density at radius 1 is 1.00 bits per heavy atom. The molecule has 0 atom stereocenters. The van der Waals surface area contributed by atoms with Crippen LogP contribution in [0.15, 0.2) is 30.3 Å². The highest BCUT2D eigenvalue weighted by Gasteiger charge is 2.38. The molecule has 1 aromatic rings. The van der Waals surface area contributed by atoms with Crippen LogP contribution in [0.5, 0.6) is 0 Å². The maximum atomic E-state index is 5.87. The van der Waals surface area contributed by atoms with Crippen molar-refractivity contribution in [3.8, 4) is 0 Å². The van der Waals surface area contributed by atoms with E-state index in [4.69, 9.17) is 9.47 Å². The minimum absolute atomic E-state index is 0.316. The van der Waals surface area contributed by atoms with Gasteiger partial charge in [0.15, 0.2) is 5.79 Å². The van der Waals surface area contributed by atoms with E-state index in [1.54, 1.807) is 4.90 Å². The van der Waals surface area contributed by atoms with E-state index in [2.05, 4.69) is 30.3 Å². The van der Waals surface area contributed by atoms with Gasteiger partial charge in [0, 0.05) is 18.8 Å². The first kappa shape index (κ1) is 14.5. The summed E-state index contributed by atoms with van der Waals surface area (Å²) in [6.07, 6.45) is 1.99. The zero-order chi connectivity index (χ0) is 13.6. The summed E-state index contributed by atoms with van der Waals surface area (Å²) in [5.74, 6) is -0.316. The topological polar surface area (TPSA) is 22.9 Å². The molecule has 0 amide bonds. The van der Waals surface area contributed by atoms with Gasteiger partial charge in [-0.3, -0.25) is 0 Å². The maximum Gasteiger partial charge on any atom is 0.178 e. The molecular weight excluding hydrogens is 238 g/mol. The normalized spacial score (nSPS) is 19.5. The minimum atomic E-state index is -0.316. The Bertz CT molecular complexity index is 350. The molecule has 1 aromatic carbocycles. The summed E-state index contributed by atoms with van der Waals surface area (Å²) >= 11 is 0. The van der Waals surface area contributed by atoms with Crippen LogP contribution < -0.4 is 4.90 Å². The van der Waals surface area contributed by atoms with Crippen LogP contribution in [0.3, 0.4) is 0 Å². The number of nitrogens with one attached hydrogen (secondary N) is 1. The molecule has 19 heavy (non-hydrogen) atoms. The summed E-state index contributed by atoms with van der Waals surface area (Å²) < 4.78 is 11.7. The van der Waals surface area contributed by atoms with E-state index in [1.165, 1.54) is 5.56 Å². The molecule has 3 heteroatoms. The van der Waals surface area contributed by atoms with Crippen molar-refractivity contribution in [2.45, 2.75) is 39.0 Å². The molecule has 0 aliphatic carbocycles. The first-order chi connectivity index (χ1) is 9.28. The molecule has 1 N–H and O–H groups in total. The SMILES string of the molecule is CCOC1(OCC)CC[NH+](Cc2ccccc2)CC1. The van der Waals surface area contributed by atoms with Gasteiger partial charge in [0.2, 0.25) is 0 Å². The number of benzene rings is 1. The average Bonchev–Trinajstić information content (AvgIpc) is 2.43. The first-order valence-electron chi connectivity index (χ1n) is 7.43. The third-order valence-corrected chi connectivity index (χ3v) is 3.83. The Morgan fingerprint density at radius 2 is 1.58 bits per heavy atom. The lowest BCUT2D eigenvalue weighted by Crippen LogP contribution is -3.12. The van der Waals surface area contributed by atoms with Crippen molar-refractivity contribution in [1.29, 1.82) is 0 Å². The lowest BCUT2D eigenvalue weighted by molar-refractivity contribution is -0.922. The van der Waals surface area contributed by atoms with Gasteiger partial charge in [-0.05, 0) is 13.8 Å². The molecule has 1 heterocycles. The quantitative estimate of drug-likeness (QED) is 0.789. The molecule has 2 rings (SSSR count). The molecular formula is C16H26NO2+. The maximum absolute atomic E-state index is 5.87. The van der Waals surface area contributed by atoms with E-state index in [1.807, 2.05) is 13.8 Å². The van der Waals surface area contributed by atoms with Crippen molar-refractivity contribution >= 4 is 0 Å². The Hall–Kier alpha value is -0.900. The molecule has 1 aliphatic heterocycles. The number of quaternary nitrogens is 1. The molecule has 0 bridgehead atoms. The predicted molar refractivity (Wildman–Crippen MR) is 76.1 cm³/mol. The van der Waals surface area contributed by atoms with Gasteiger partial charge >= 0.3 is 0 Å². The molecule has 0 spiro atoms. The third-order valence-electron chi connectivity index (χ3n) is 3.83. The number of piperidine rings is 1.